The molecule has 0 amide bonds. The Balaban J connectivity index is 1.31. The minimum absolute atomic E-state index is 0.0435. The van der Waals surface area contributed by atoms with E-state index in [2.05, 4.69) is 76.6 Å². The maximum Gasteiger partial charge on any atom is 0.162 e. The fourth-order valence-electron chi connectivity index (χ4n) is 6.12. The van der Waals surface area contributed by atoms with Crippen LogP contribution in [-0.2, 0) is 0 Å². The van der Waals surface area contributed by atoms with Gasteiger partial charge in [-0.1, -0.05) is 12.1 Å². The van der Waals surface area contributed by atoms with Crippen molar-refractivity contribution < 1.29 is 0 Å². The van der Waals surface area contributed by atoms with Crippen LogP contribution in [0.4, 0.5) is 5.69 Å². The molecule has 0 aliphatic carbocycles. The van der Waals surface area contributed by atoms with Crippen molar-refractivity contribution in [1.29, 1.82) is 0 Å². The molecular formula is C27H34N6S. The van der Waals surface area contributed by atoms with Crippen molar-refractivity contribution in [2.45, 2.75) is 53.0 Å². The molecule has 1 spiro atoms. The first-order valence-electron chi connectivity index (χ1n) is 12.5. The molecule has 0 radical (unpaired) electrons. The van der Waals surface area contributed by atoms with Crippen molar-refractivity contribution in [2.75, 3.05) is 38.1 Å². The van der Waals surface area contributed by atoms with Gasteiger partial charge in [0.15, 0.2) is 5.82 Å². The number of hydrogen-bond acceptors (Lipinski definition) is 6. The Labute approximate surface area is 206 Å². The van der Waals surface area contributed by atoms with Gasteiger partial charge in [0.05, 0.1) is 5.71 Å². The van der Waals surface area contributed by atoms with E-state index in [-0.39, 0.29) is 6.04 Å². The minimum Gasteiger partial charge on any atom is -0.371 e. The Morgan fingerprint density at radius 1 is 0.971 bits per heavy atom. The topological polar surface area (TPSA) is 49.6 Å². The number of hydrogen-bond donors (Lipinski definition) is 0. The fourth-order valence-corrected chi connectivity index (χ4v) is 7.33. The van der Waals surface area contributed by atoms with Crippen molar-refractivity contribution in [3.8, 4) is 5.00 Å². The summed E-state index contributed by atoms with van der Waals surface area (Å²) in [5.41, 5.74) is 6.68. The van der Waals surface area contributed by atoms with Crippen LogP contribution >= 0.6 is 11.3 Å². The molecule has 178 valence electrons. The van der Waals surface area contributed by atoms with Crippen LogP contribution in [-0.4, -0.2) is 58.6 Å². The lowest BCUT2D eigenvalue weighted by Gasteiger charge is -2.40. The summed E-state index contributed by atoms with van der Waals surface area (Å²) < 4.78 is 2.21. The van der Waals surface area contributed by atoms with Gasteiger partial charge in [0.2, 0.25) is 0 Å². The Bertz CT molecular complexity index is 1260. The zero-order valence-electron chi connectivity index (χ0n) is 20.9. The number of thiophene rings is 1. The van der Waals surface area contributed by atoms with Crippen molar-refractivity contribution >= 4 is 22.7 Å². The molecular weight excluding hydrogens is 440 g/mol. The van der Waals surface area contributed by atoms with Gasteiger partial charge in [0.25, 0.3) is 0 Å². The summed E-state index contributed by atoms with van der Waals surface area (Å²) in [5.74, 6) is 1.85. The molecule has 3 aromatic rings. The van der Waals surface area contributed by atoms with E-state index in [0.717, 1.165) is 30.5 Å². The second kappa shape index (κ2) is 8.02. The largest absolute Gasteiger partial charge is 0.371 e. The van der Waals surface area contributed by atoms with Gasteiger partial charge in [0, 0.05) is 41.3 Å². The quantitative estimate of drug-likeness (QED) is 0.519. The van der Waals surface area contributed by atoms with Gasteiger partial charge in [-0.05, 0) is 83.7 Å². The molecule has 3 aliphatic heterocycles. The van der Waals surface area contributed by atoms with E-state index >= 15 is 0 Å². The van der Waals surface area contributed by atoms with E-state index in [1.54, 1.807) is 0 Å². The lowest BCUT2D eigenvalue weighted by molar-refractivity contribution is 0.222. The molecule has 0 N–H and O–H groups in total. The Morgan fingerprint density at radius 2 is 1.68 bits per heavy atom. The van der Waals surface area contributed by atoms with E-state index in [1.807, 2.05) is 18.3 Å². The van der Waals surface area contributed by atoms with Crippen LogP contribution in [0, 0.1) is 26.2 Å². The van der Waals surface area contributed by atoms with Crippen molar-refractivity contribution in [3.05, 3.63) is 57.5 Å². The maximum absolute atomic E-state index is 5.20. The molecule has 5 heterocycles. The summed E-state index contributed by atoms with van der Waals surface area (Å²) in [4.78, 5) is 11.6. The van der Waals surface area contributed by atoms with Gasteiger partial charge in [-0.25, -0.2) is 0 Å². The average molecular weight is 475 g/mol. The van der Waals surface area contributed by atoms with E-state index < -0.39 is 0 Å². The predicted molar refractivity (Wildman–Crippen MR) is 140 cm³/mol. The van der Waals surface area contributed by atoms with Gasteiger partial charge < -0.3 is 9.80 Å². The van der Waals surface area contributed by atoms with Gasteiger partial charge in [0.1, 0.15) is 16.9 Å². The number of fused-ring (bicyclic) bond motifs is 3. The molecule has 6 rings (SSSR count). The molecule has 0 unspecified atom stereocenters. The van der Waals surface area contributed by atoms with Crippen LogP contribution < -0.4 is 4.90 Å². The highest BCUT2D eigenvalue weighted by atomic mass is 32.1. The number of anilines is 1. The molecule has 3 aliphatic rings. The van der Waals surface area contributed by atoms with Gasteiger partial charge >= 0.3 is 0 Å². The van der Waals surface area contributed by atoms with Crippen molar-refractivity contribution in [1.82, 2.24) is 19.7 Å². The molecule has 0 saturated carbocycles. The number of piperidine rings is 1. The summed E-state index contributed by atoms with van der Waals surface area (Å²) in [5, 5.41) is 10.0. The van der Waals surface area contributed by atoms with Gasteiger partial charge in [-0.3, -0.25) is 9.56 Å². The highest BCUT2D eigenvalue weighted by Gasteiger charge is 2.39. The summed E-state index contributed by atoms with van der Waals surface area (Å²) in [6.45, 7) is 13.4. The fraction of sp³-hybridized carbons (Fsp3) is 0.519. The first-order chi connectivity index (χ1) is 16.3. The minimum atomic E-state index is -0.0435. The number of likely N-dealkylation sites (tertiary alicyclic amines) is 1. The molecule has 2 saturated heterocycles. The number of aromatic nitrogens is 3. The number of aryl methyl sites for hydroxylation is 2. The van der Waals surface area contributed by atoms with E-state index in [9.17, 15) is 0 Å². The zero-order chi connectivity index (χ0) is 23.6. The van der Waals surface area contributed by atoms with E-state index in [4.69, 9.17) is 4.99 Å². The third-order valence-corrected chi connectivity index (χ3v) is 9.50. The Hall–Kier alpha value is -2.51. The number of aliphatic imine (C=N–C) groups is 1. The van der Waals surface area contributed by atoms with Crippen LogP contribution in [0.15, 0.2) is 29.3 Å². The lowest BCUT2D eigenvalue weighted by atomic mass is 9.77. The first kappa shape index (κ1) is 22.0. The molecule has 2 fully saturated rings. The van der Waals surface area contributed by atoms with Gasteiger partial charge in [-0.15, -0.1) is 21.5 Å². The summed E-state index contributed by atoms with van der Waals surface area (Å²) in [7, 11) is 2.27. The van der Waals surface area contributed by atoms with Crippen LogP contribution in [0.3, 0.4) is 0 Å². The number of benzene rings is 1. The number of nitrogens with zero attached hydrogens (tertiary/aromatic N) is 6. The van der Waals surface area contributed by atoms with Crippen LogP contribution in [0.1, 0.15) is 65.4 Å². The van der Waals surface area contributed by atoms with Crippen LogP contribution in [0.25, 0.3) is 5.00 Å². The molecule has 7 heteroatoms. The zero-order valence-corrected chi connectivity index (χ0v) is 21.7. The molecule has 1 atom stereocenters. The number of rotatable bonds is 2. The van der Waals surface area contributed by atoms with Crippen LogP contribution in [0.5, 0.6) is 0 Å². The normalized spacial score (nSPS) is 22.0. The summed E-state index contributed by atoms with van der Waals surface area (Å²) in [6.07, 6.45) is 3.97. The maximum atomic E-state index is 5.20. The smallest absolute Gasteiger partial charge is 0.162 e. The molecule has 6 nitrogen and oxygen atoms in total. The predicted octanol–water partition coefficient (Wildman–Crippen LogP) is 5.09. The third-order valence-electron chi connectivity index (χ3n) is 8.31. The Morgan fingerprint density at radius 3 is 2.35 bits per heavy atom. The molecule has 34 heavy (non-hydrogen) atoms. The van der Waals surface area contributed by atoms with Crippen molar-refractivity contribution in [2.24, 2.45) is 10.4 Å². The second-order valence-corrected chi connectivity index (χ2v) is 11.8. The highest BCUT2D eigenvalue weighted by Crippen LogP contribution is 2.41. The summed E-state index contributed by atoms with van der Waals surface area (Å²) >= 11 is 1.82. The first-order valence-corrected chi connectivity index (χ1v) is 13.3. The van der Waals surface area contributed by atoms with Crippen molar-refractivity contribution in [3.63, 3.8) is 0 Å². The summed E-state index contributed by atoms with van der Waals surface area (Å²) in [6, 6.07) is 9.09. The Kier molecular flexibility index (Phi) is 5.19. The third kappa shape index (κ3) is 3.43. The lowest BCUT2D eigenvalue weighted by Crippen LogP contribution is -2.41. The standard InChI is InChI=1S/C27H34N6S/c1-17-19(3)34-26-23(17)24(28-18(2)25-30-29-20(4)33(25)26)21-6-8-22(9-7-21)32-14-11-27(12-15-32)10-13-31(5)16-27/h6-9,18H,10-16H2,1-5H3/t18-/m0/s1. The monoisotopic (exact) mass is 474 g/mol. The molecule has 2 aromatic heterocycles. The SMILES string of the molecule is Cc1sc2c(c1C)C(c1ccc(N3CCC4(CCN(C)C4)CC3)cc1)=N[C@@H](C)c1nnc(C)n1-2. The van der Waals surface area contributed by atoms with Gasteiger partial charge in [-0.2, -0.15) is 0 Å². The highest BCUT2D eigenvalue weighted by molar-refractivity contribution is 7.15. The van der Waals surface area contributed by atoms with Crippen LogP contribution in [0.2, 0.25) is 0 Å². The average Bonchev–Trinajstić information content (AvgIpc) is 3.45. The molecule has 0 bridgehead atoms. The second-order valence-electron chi connectivity index (χ2n) is 10.6. The van der Waals surface area contributed by atoms with E-state index in [1.165, 1.54) is 64.6 Å². The van der Waals surface area contributed by atoms with E-state index in [0.29, 0.717) is 5.41 Å². The molecule has 1 aromatic carbocycles.